The lowest BCUT2D eigenvalue weighted by atomic mass is 10.2. The summed E-state index contributed by atoms with van der Waals surface area (Å²) >= 11 is 0. The Morgan fingerprint density at radius 2 is 1.90 bits per heavy atom. The van der Waals surface area contributed by atoms with Crippen LogP contribution >= 0.6 is 0 Å². The molecule has 0 saturated heterocycles. The molecule has 0 aromatic heterocycles. The summed E-state index contributed by atoms with van der Waals surface area (Å²) in [7, 11) is -0.00812. The van der Waals surface area contributed by atoms with Gasteiger partial charge in [0.15, 0.2) is 0 Å². The van der Waals surface area contributed by atoms with E-state index in [1.54, 1.807) is 14.2 Å². The van der Waals surface area contributed by atoms with Crippen molar-refractivity contribution in [1.29, 1.82) is 0 Å². The Balaban J connectivity index is 2.04. The van der Waals surface area contributed by atoms with Crippen molar-refractivity contribution in [2.24, 2.45) is 0 Å². The van der Waals surface area contributed by atoms with Crippen molar-refractivity contribution in [1.82, 2.24) is 14.3 Å². The quantitative estimate of drug-likeness (QED) is 0.492. The molecule has 6 nitrogen and oxygen atoms in total. The number of hydrogen-bond donors (Lipinski definition) is 2. The lowest BCUT2D eigenvalue weighted by molar-refractivity contribution is 0.192. The normalized spacial score (nSPS) is 15.9. The first-order valence-corrected chi connectivity index (χ1v) is 8.93. The van der Waals surface area contributed by atoms with E-state index in [0.717, 1.165) is 38.8 Å². The van der Waals surface area contributed by atoms with Gasteiger partial charge in [-0.25, -0.2) is 4.72 Å². The fraction of sp³-hybridized carbons (Fsp3) is 1.00. The van der Waals surface area contributed by atoms with Crippen LogP contribution in [0, 0.1) is 0 Å². The van der Waals surface area contributed by atoms with Gasteiger partial charge in [0.05, 0.1) is 0 Å². The first-order valence-electron chi connectivity index (χ1n) is 7.49. The average Bonchev–Trinajstić information content (AvgIpc) is 3.22. The first kappa shape index (κ1) is 17.8. The number of unbranched alkanes of at least 4 members (excludes halogenated alkanes) is 2. The minimum absolute atomic E-state index is 0.497. The van der Waals surface area contributed by atoms with Gasteiger partial charge in [0.2, 0.25) is 0 Å². The van der Waals surface area contributed by atoms with Crippen molar-refractivity contribution in [3.63, 3.8) is 0 Å². The smallest absolute Gasteiger partial charge is 0.279 e. The van der Waals surface area contributed by atoms with Crippen LogP contribution in [0.25, 0.3) is 0 Å². The standard InChI is InChI=1S/C13H29N3O3S/c1-16(11-6-9-14-13-7-8-13)20(17,18)15-10-4-3-5-12-19-2/h13-15H,3-12H2,1-2H3. The summed E-state index contributed by atoms with van der Waals surface area (Å²) in [5.41, 5.74) is 0. The number of nitrogens with zero attached hydrogens (tertiary/aromatic N) is 1. The van der Waals surface area contributed by atoms with Crippen LogP contribution in [0.4, 0.5) is 0 Å². The molecule has 0 amide bonds. The highest BCUT2D eigenvalue weighted by molar-refractivity contribution is 7.87. The van der Waals surface area contributed by atoms with E-state index in [-0.39, 0.29) is 0 Å². The third-order valence-corrected chi connectivity index (χ3v) is 4.95. The lowest BCUT2D eigenvalue weighted by Gasteiger charge is -2.17. The van der Waals surface area contributed by atoms with E-state index in [9.17, 15) is 8.42 Å². The van der Waals surface area contributed by atoms with Crippen molar-refractivity contribution in [2.45, 2.75) is 44.6 Å². The first-order chi connectivity index (χ1) is 9.56. The lowest BCUT2D eigenvalue weighted by Crippen LogP contribution is -2.39. The SMILES string of the molecule is COCCCCCNS(=O)(=O)N(C)CCCNC1CC1. The maximum Gasteiger partial charge on any atom is 0.279 e. The van der Waals surface area contributed by atoms with Crippen molar-refractivity contribution in [3.8, 4) is 0 Å². The zero-order valence-electron chi connectivity index (χ0n) is 12.7. The molecule has 2 N–H and O–H groups in total. The Hall–Kier alpha value is -0.210. The minimum Gasteiger partial charge on any atom is -0.385 e. The molecule has 1 fully saturated rings. The Morgan fingerprint density at radius 3 is 2.55 bits per heavy atom. The van der Waals surface area contributed by atoms with E-state index in [1.165, 1.54) is 17.1 Å². The Kier molecular flexibility index (Phi) is 8.63. The second kappa shape index (κ2) is 9.68. The van der Waals surface area contributed by atoms with Crippen LogP contribution in [0.5, 0.6) is 0 Å². The predicted molar refractivity (Wildman–Crippen MR) is 80.9 cm³/mol. The Morgan fingerprint density at radius 1 is 1.15 bits per heavy atom. The molecule has 0 atom stereocenters. The number of ether oxygens (including phenoxy) is 1. The van der Waals surface area contributed by atoms with Crippen LogP contribution in [0.3, 0.4) is 0 Å². The highest BCUT2D eigenvalue weighted by atomic mass is 32.2. The second-order valence-corrected chi connectivity index (χ2v) is 7.22. The van der Waals surface area contributed by atoms with E-state index < -0.39 is 10.2 Å². The van der Waals surface area contributed by atoms with Crippen LogP contribution in [0.2, 0.25) is 0 Å². The Labute approximate surface area is 123 Å². The van der Waals surface area contributed by atoms with E-state index in [1.807, 2.05) is 0 Å². The molecule has 0 aliphatic heterocycles. The molecule has 0 heterocycles. The van der Waals surface area contributed by atoms with Gasteiger partial charge in [-0.3, -0.25) is 0 Å². The fourth-order valence-corrected chi connectivity index (χ4v) is 2.87. The van der Waals surface area contributed by atoms with Gasteiger partial charge in [-0.15, -0.1) is 0 Å². The van der Waals surface area contributed by atoms with Crippen molar-refractivity contribution < 1.29 is 13.2 Å². The summed E-state index contributed by atoms with van der Waals surface area (Å²) in [5.74, 6) is 0. The van der Waals surface area contributed by atoms with Crippen LogP contribution in [0.15, 0.2) is 0 Å². The van der Waals surface area contributed by atoms with Gasteiger partial charge >= 0.3 is 0 Å². The summed E-state index contributed by atoms with van der Waals surface area (Å²) in [6, 6.07) is 0.683. The molecule has 1 aliphatic rings. The second-order valence-electron chi connectivity index (χ2n) is 5.36. The van der Waals surface area contributed by atoms with Crippen LogP contribution in [-0.4, -0.2) is 59.2 Å². The zero-order chi connectivity index (χ0) is 14.8. The molecule has 0 unspecified atom stereocenters. The molecule has 0 spiro atoms. The van der Waals surface area contributed by atoms with Crippen molar-refractivity contribution >= 4 is 10.2 Å². The number of nitrogens with one attached hydrogen (secondary N) is 2. The molecule has 7 heteroatoms. The predicted octanol–water partition coefficient (Wildman–Crippen LogP) is 0.711. The third-order valence-electron chi connectivity index (χ3n) is 3.38. The third kappa shape index (κ3) is 8.16. The molecule has 1 saturated carbocycles. The van der Waals surface area contributed by atoms with E-state index in [4.69, 9.17) is 4.74 Å². The van der Waals surface area contributed by atoms with E-state index in [2.05, 4.69) is 10.0 Å². The van der Waals surface area contributed by atoms with Gasteiger partial charge < -0.3 is 10.1 Å². The van der Waals surface area contributed by atoms with E-state index >= 15 is 0 Å². The molecule has 20 heavy (non-hydrogen) atoms. The van der Waals surface area contributed by atoms with Crippen LogP contribution in [-0.2, 0) is 14.9 Å². The molecule has 1 aliphatic carbocycles. The molecule has 120 valence electrons. The van der Waals surface area contributed by atoms with Gasteiger partial charge in [0.1, 0.15) is 0 Å². The van der Waals surface area contributed by atoms with Gasteiger partial charge in [-0.1, -0.05) is 0 Å². The molecule has 0 aromatic carbocycles. The maximum absolute atomic E-state index is 11.9. The molecule has 0 aromatic rings. The van der Waals surface area contributed by atoms with Gasteiger partial charge in [0.25, 0.3) is 10.2 Å². The molecule has 0 radical (unpaired) electrons. The monoisotopic (exact) mass is 307 g/mol. The summed E-state index contributed by atoms with van der Waals surface area (Å²) in [6.07, 6.45) is 6.17. The highest BCUT2D eigenvalue weighted by Crippen LogP contribution is 2.18. The number of rotatable bonds is 13. The fourth-order valence-electron chi connectivity index (χ4n) is 1.88. The van der Waals surface area contributed by atoms with Crippen LogP contribution in [0.1, 0.15) is 38.5 Å². The minimum atomic E-state index is -3.31. The summed E-state index contributed by atoms with van der Waals surface area (Å²) in [6.45, 7) is 2.68. The molecular weight excluding hydrogens is 278 g/mol. The highest BCUT2D eigenvalue weighted by Gasteiger charge is 2.20. The van der Waals surface area contributed by atoms with Gasteiger partial charge in [0, 0.05) is 39.9 Å². The van der Waals surface area contributed by atoms with E-state index in [0.29, 0.717) is 19.1 Å². The summed E-state index contributed by atoms with van der Waals surface area (Å²) in [5, 5.41) is 3.38. The molecular formula is C13H29N3O3S. The summed E-state index contributed by atoms with van der Waals surface area (Å²) in [4.78, 5) is 0. The molecule has 1 rings (SSSR count). The van der Waals surface area contributed by atoms with Crippen LogP contribution < -0.4 is 10.0 Å². The maximum atomic E-state index is 11.9. The zero-order valence-corrected chi connectivity index (χ0v) is 13.5. The van der Waals surface area contributed by atoms with Gasteiger partial charge in [-0.05, 0) is 45.1 Å². The Bertz CT molecular complexity index is 345. The van der Waals surface area contributed by atoms with Crippen molar-refractivity contribution in [2.75, 3.05) is 40.4 Å². The van der Waals surface area contributed by atoms with Crippen molar-refractivity contribution in [3.05, 3.63) is 0 Å². The van der Waals surface area contributed by atoms with Gasteiger partial charge in [-0.2, -0.15) is 12.7 Å². The summed E-state index contributed by atoms with van der Waals surface area (Å²) < 4.78 is 32.8. The number of hydrogen-bond acceptors (Lipinski definition) is 4. The average molecular weight is 307 g/mol. The largest absolute Gasteiger partial charge is 0.385 e. The molecule has 0 bridgehead atoms. The number of methoxy groups -OCH3 is 1. The topological polar surface area (TPSA) is 70.7 Å².